The topological polar surface area (TPSA) is 108 Å². The van der Waals surface area contributed by atoms with E-state index in [9.17, 15) is 28.2 Å². The van der Waals surface area contributed by atoms with Crippen LogP contribution in [0.15, 0.2) is 36.7 Å². The number of nitrogens with zero attached hydrogens (tertiary/aromatic N) is 3. The van der Waals surface area contributed by atoms with E-state index in [1.54, 1.807) is 32.2 Å². The predicted molar refractivity (Wildman–Crippen MR) is 130 cm³/mol. The summed E-state index contributed by atoms with van der Waals surface area (Å²) in [6.45, 7) is 5.33. The van der Waals surface area contributed by atoms with E-state index in [-0.39, 0.29) is 11.9 Å². The number of aliphatic carboxylic acids is 1. The molecule has 3 aromatic rings. The minimum atomic E-state index is -4.57. The smallest absolute Gasteiger partial charge is 0.433 e. The molecular weight excluding hydrogens is 493 g/mol. The summed E-state index contributed by atoms with van der Waals surface area (Å²) in [6, 6.07) is 6.27. The largest absolute Gasteiger partial charge is 0.481 e. The molecule has 2 heterocycles. The molecule has 7 nitrogen and oxygen atoms in total. The number of carboxylic acid groups (broad SMARTS) is 1. The lowest BCUT2D eigenvalue weighted by Crippen LogP contribution is -2.39. The lowest BCUT2D eigenvalue weighted by atomic mass is 9.67. The van der Waals surface area contributed by atoms with Crippen LogP contribution >= 0.6 is 11.3 Å². The van der Waals surface area contributed by atoms with E-state index in [2.05, 4.69) is 20.3 Å². The fraction of sp³-hybridized carbons (Fsp3) is 0.440. The molecule has 1 fully saturated rings. The zero-order valence-electron chi connectivity index (χ0n) is 20.1. The van der Waals surface area contributed by atoms with Gasteiger partial charge in [0.2, 0.25) is 5.95 Å². The molecule has 192 valence electrons. The minimum absolute atomic E-state index is 0.114. The highest BCUT2D eigenvalue weighted by molar-refractivity contribution is 7.15. The fourth-order valence-electron chi connectivity index (χ4n) is 4.55. The van der Waals surface area contributed by atoms with Crippen molar-refractivity contribution in [2.45, 2.75) is 58.2 Å². The molecule has 2 aromatic heterocycles. The lowest BCUT2D eigenvalue weighted by molar-refractivity contribution is -0.152. The third-order valence-corrected chi connectivity index (χ3v) is 8.18. The van der Waals surface area contributed by atoms with E-state index in [0.29, 0.717) is 36.4 Å². The van der Waals surface area contributed by atoms with Crippen molar-refractivity contribution in [1.29, 1.82) is 0 Å². The molecule has 1 unspecified atom stereocenters. The molecule has 0 radical (unpaired) electrons. The third kappa shape index (κ3) is 5.36. The summed E-state index contributed by atoms with van der Waals surface area (Å²) in [5, 5.41) is 24.2. The van der Waals surface area contributed by atoms with Crippen molar-refractivity contribution in [3.63, 3.8) is 0 Å². The highest BCUT2D eigenvalue weighted by Crippen LogP contribution is 2.47. The van der Waals surface area contributed by atoms with Crippen LogP contribution in [0, 0.1) is 18.3 Å². The number of carbonyl (C=O) groups is 1. The van der Waals surface area contributed by atoms with Gasteiger partial charge in [-0.05, 0) is 81.7 Å². The number of carboxylic acids is 1. The van der Waals surface area contributed by atoms with Crippen molar-refractivity contribution in [3.8, 4) is 10.4 Å². The molecule has 4 rings (SSSR count). The number of alkyl halides is 3. The Morgan fingerprint density at radius 1 is 1.19 bits per heavy atom. The fourth-order valence-corrected chi connectivity index (χ4v) is 5.58. The Bertz CT molecular complexity index is 1270. The van der Waals surface area contributed by atoms with Crippen LogP contribution in [0.4, 0.5) is 24.8 Å². The lowest BCUT2D eigenvalue weighted by Gasteiger charge is -2.39. The van der Waals surface area contributed by atoms with Crippen molar-refractivity contribution in [2.75, 3.05) is 5.32 Å². The van der Waals surface area contributed by atoms with Gasteiger partial charge in [0.15, 0.2) is 0 Å². The third-order valence-electron chi connectivity index (χ3n) is 6.90. The number of aromatic nitrogens is 3. The Balaban J connectivity index is 1.54. The zero-order chi connectivity index (χ0) is 26.3. The molecule has 1 aliphatic carbocycles. The monoisotopic (exact) mass is 520 g/mol. The molecule has 1 saturated carbocycles. The number of thiazole rings is 1. The van der Waals surface area contributed by atoms with Crippen LogP contribution in [-0.2, 0) is 16.6 Å². The normalized spacial score (nSPS) is 22.1. The molecule has 36 heavy (non-hydrogen) atoms. The number of hydrogen-bond donors (Lipinski definition) is 3. The van der Waals surface area contributed by atoms with Gasteiger partial charge in [-0.15, -0.1) is 11.3 Å². The molecule has 3 N–H and O–H groups in total. The first kappa shape index (κ1) is 26.0. The Morgan fingerprint density at radius 2 is 1.89 bits per heavy atom. The second-order valence-electron chi connectivity index (χ2n) is 9.79. The molecule has 0 spiro atoms. The molecule has 0 amide bonds. The van der Waals surface area contributed by atoms with E-state index in [0.717, 1.165) is 28.3 Å². The van der Waals surface area contributed by atoms with Gasteiger partial charge >= 0.3 is 12.1 Å². The standard InChI is InChI=1S/C25H27F3N4O3S/c1-14-10-15(12-17(11-14)31-22-29-9-6-19(32-22)25(26,27)28)18-13-30-20(36-18)24(3,35)16-4-7-23(2,8-5-16)21(33)34/h6,9-13,16,35H,4-5,7-8H2,1-3H3,(H,33,34)(H,29,31,32). The summed E-state index contributed by atoms with van der Waals surface area (Å²) < 4.78 is 39.0. The maximum absolute atomic E-state index is 13.0. The van der Waals surface area contributed by atoms with Gasteiger partial charge in [0, 0.05) is 18.1 Å². The van der Waals surface area contributed by atoms with Crippen LogP contribution in [0.25, 0.3) is 10.4 Å². The van der Waals surface area contributed by atoms with Crippen LogP contribution in [0.5, 0.6) is 0 Å². The number of aryl methyl sites for hydroxylation is 1. The van der Waals surface area contributed by atoms with Gasteiger partial charge in [-0.2, -0.15) is 13.2 Å². The Hall–Kier alpha value is -3.05. The van der Waals surface area contributed by atoms with E-state index >= 15 is 0 Å². The number of aliphatic hydroxyl groups is 1. The summed E-state index contributed by atoms with van der Waals surface area (Å²) in [7, 11) is 0. The van der Waals surface area contributed by atoms with E-state index < -0.39 is 28.9 Å². The van der Waals surface area contributed by atoms with Gasteiger partial charge in [-0.3, -0.25) is 4.79 Å². The molecule has 1 aromatic carbocycles. The second kappa shape index (κ2) is 9.44. The Labute approximate surface area is 210 Å². The van der Waals surface area contributed by atoms with E-state index in [1.165, 1.54) is 11.3 Å². The van der Waals surface area contributed by atoms with Crippen LogP contribution in [0.1, 0.15) is 55.8 Å². The molecule has 1 atom stereocenters. The summed E-state index contributed by atoms with van der Waals surface area (Å²) in [5.41, 5.74) is -0.844. The molecule has 0 saturated heterocycles. The number of nitrogens with one attached hydrogen (secondary N) is 1. The number of benzene rings is 1. The van der Waals surface area contributed by atoms with Gasteiger partial charge in [-0.1, -0.05) is 6.07 Å². The SMILES string of the molecule is Cc1cc(Nc2nccc(C(F)(F)F)n2)cc(-c2cnc(C(C)(O)C3CCC(C)(C(=O)O)CC3)s2)c1. The van der Waals surface area contributed by atoms with Gasteiger partial charge in [0.05, 0.1) is 10.3 Å². The minimum Gasteiger partial charge on any atom is -0.481 e. The highest BCUT2D eigenvalue weighted by atomic mass is 32.1. The summed E-state index contributed by atoms with van der Waals surface area (Å²) in [4.78, 5) is 24.3. The first-order valence-electron chi connectivity index (χ1n) is 11.5. The number of hydrogen-bond acceptors (Lipinski definition) is 7. The summed E-state index contributed by atoms with van der Waals surface area (Å²) in [6.07, 6.45) is 0.296. The van der Waals surface area contributed by atoms with Gasteiger partial charge in [0.25, 0.3) is 0 Å². The van der Waals surface area contributed by atoms with Crippen LogP contribution < -0.4 is 5.32 Å². The first-order chi connectivity index (χ1) is 16.8. The van der Waals surface area contributed by atoms with Crippen molar-refractivity contribution < 1.29 is 28.2 Å². The summed E-state index contributed by atoms with van der Waals surface area (Å²) in [5.74, 6) is -1.09. The van der Waals surface area contributed by atoms with Gasteiger partial charge in [0.1, 0.15) is 16.3 Å². The molecule has 0 aliphatic heterocycles. The van der Waals surface area contributed by atoms with Crippen molar-refractivity contribution >= 4 is 28.9 Å². The van der Waals surface area contributed by atoms with Gasteiger partial charge < -0.3 is 15.5 Å². The molecule has 1 aliphatic rings. The molecule has 0 bridgehead atoms. The first-order valence-corrected chi connectivity index (χ1v) is 12.3. The van der Waals surface area contributed by atoms with Crippen molar-refractivity contribution in [1.82, 2.24) is 15.0 Å². The van der Waals surface area contributed by atoms with Crippen molar-refractivity contribution in [2.24, 2.45) is 11.3 Å². The maximum atomic E-state index is 13.0. The maximum Gasteiger partial charge on any atom is 0.433 e. The van der Waals surface area contributed by atoms with Gasteiger partial charge in [-0.25, -0.2) is 15.0 Å². The summed E-state index contributed by atoms with van der Waals surface area (Å²) >= 11 is 1.34. The average molecular weight is 521 g/mol. The average Bonchev–Trinajstić information content (AvgIpc) is 3.30. The number of anilines is 2. The second-order valence-corrected chi connectivity index (χ2v) is 10.8. The predicted octanol–water partition coefficient (Wildman–Crippen LogP) is 6.16. The molecular formula is C25H27F3N4O3S. The zero-order valence-corrected chi connectivity index (χ0v) is 20.9. The number of rotatable bonds is 6. The van der Waals surface area contributed by atoms with Crippen molar-refractivity contribution in [3.05, 3.63) is 52.9 Å². The quantitative estimate of drug-likeness (QED) is 0.357. The van der Waals surface area contributed by atoms with E-state index in [4.69, 9.17) is 0 Å². The molecule has 11 heteroatoms. The van der Waals surface area contributed by atoms with Crippen LogP contribution in [0.3, 0.4) is 0 Å². The number of halogens is 3. The Morgan fingerprint density at radius 3 is 2.53 bits per heavy atom. The van der Waals surface area contributed by atoms with Crippen LogP contribution in [-0.4, -0.2) is 31.1 Å². The highest BCUT2D eigenvalue weighted by Gasteiger charge is 2.44. The van der Waals surface area contributed by atoms with E-state index in [1.807, 2.05) is 13.0 Å². The Kier molecular flexibility index (Phi) is 6.82. The van der Waals surface area contributed by atoms with Crippen LogP contribution in [0.2, 0.25) is 0 Å².